The summed E-state index contributed by atoms with van der Waals surface area (Å²) in [5, 5.41) is 6.46. The van der Waals surface area contributed by atoms with E-state index in [0.717, 1.165) is 35.0 Å². The van der Waals surface area contributed by atoms with Gasteiger partial charge in [-0.25, -0.2) is 4.98 Å². The molecule has 4 aromatic rings. The molecule has 10 nitrogen and oxygen atoms in total. The fourth-order valence-electron chi connectivity index (χ4n) is 6.20. The second-order valence-corrected chi connectivity index (χ2v) is 11.2. The van der Waals surface area contributed by atoms with Gasteiger partial charge < -0.3 is 34.1 Å². The largest absolute Gasteiger partial charge is 0.493 e. The first-order valence-corrected chi connectivity index (χ1v) is 14.5. The lowest BCUT2D eigenvalue weighted by Crippen LogP contribution is -2.29. The number of nitrogens with one attached hydrogen (secondary N) is 2. The molecule has 6 rings (SSSR count). The van der Waals surface area contributed by atoms with Crippen LogP contribution in [0.4, 0.5) is 0 Å². The molecule has 3 aromatic carbocycles. The lowest BCUT2D eigenvalue weighted by Gasteiger charge is -2.19. The van der Waals surface area contributed by atoms with Gasteiger partial charge in [0.1, 0.15) is 18.2 Å². The molecule has 43 heavy (non-hydrogen) atoms. The zero-order valence-electron chi connectivity index (χ0n) is 24.4. The summed E-state index contributed by atoms with van der Waals surface area (Å²) in [7, 11) is 6.36. The molecular weight excluding hydrogens is 572 g/mol. The topological polar surface area (TPSA) is 113 Å². The van der Waals surface area contributed by atoms with Crippen LogP contribution in [0.2, 0.25) is 5.02 Å². The number of imidazole rings is 1. The number of carbonyl (C=O) groups is 2. The Balaban J connectivity index is 1.42. The Labute approximate surface area is 254 Å². The Kier molecular flexibility index (Phi) is 7.79. The summed E-state index contributed by atoms with van der Waals surface area (Å²) < 4.78 is 24.7. The summed E-state index contributed by atoms with van der Waals surface area (Å²) in [6, 6.07) is 14.3. The van der Waals surface area contributed by atoms with Gasteiger partial charge in [0.2, 0.25) is 11.7 Å². The fraction of sp³-hybridized carbons (Fsp3) is 0.344. The van der Waals surface area contributed by atoms with Gasteiger partial charge in [-0.05, 0) is 67.8 Å². The second kappa shape index (κ2) is 11.7. The number of hydrogen-bond acceptors (Lipinski definition) is 7. The van der Waals surface area contributed by atoms with Crippen molar-refractivity contribution in [3.63, 3.8) is 0 Å². The lowest BCUT2D eigenvalue weighted by atomic mass is 10.1. The van der Waals surface area contributed by atoms with Gasteiger partial charge in [-0.1, -0.05) is 11.6 Å². The van der Waals surface area contributed by atoms with Gasteiger partial charge in [0.15, 0.2) is 11.5 Å². The third-order valence-corrected chi connectivity index (χ3v) is 8.56. The van der Waals surface area contributed by atoms with E-state index in [-0.39, 0.29) is 29.8 Å². The van der Waals surface area contributed by atoms with E-state index in [1.54, 1.807) is 40.5 Å². The van der Waals surface area contributed by atoms with E-state index < -0.39 is 0 Å². The second-order valence-electron chi connectivity index (χ2n) is 10.7. The first kappa shape index (κ1) is 28.7. The molecule has 224 valence electrons. The molecule has 1 fully saturated rings. The van der Waals surface area contributed by atoms with Crippen LogP contribution in [0.1, 0.15) is 47.3 Å². The Morgan fingerprint density at radius 3 is 2.47 bits per heavy atom. The highest BCUT2D eigenvalue weighted by Gasteiger charge is 2.34. The van der Waals surface area contributed by atoms with Gasteiger partial charge in [0.25, 0.3) is 5.91 Å². The number of fused-ring (bicyclic) bond motifs is 2. The van der Waals surface area contributed by atoms with Crippen LogP contribution in [0.25, 0.3) is 22.4 Å². The van der Waals surface area contributed by atoms with Crippen molar-refractivity contribution in [3.8, 4) is 34.4 Å². The van der Waals surface area contributed by atoms with E-state index in [1.807, 2.05) is 36.4 Å². The molecule has 2 N–H and O–H groups in total. The zero-order valence-corrected chi connectivity index (χ0v) is 25.2. The summed E-state index contributed by atoms with van der Waals surface area (Å²) in [5.74, 6) is 2.57. The summed E-state index contributed by atoms with van der Waals surface area (Å²) in [4.78, 5) is 31.1. The quantitative estimate of drug-likeness (QED) is 0.279. The van der Waals surface area contributed by atoms with Crippen molar-refractivity contribution in [2.75, 3.05) is 35.0 Å². The van der Waals surface area contributed by atoms with Crippen LogP contribution in [0.5, 0.6) is 23.0 Å². The van der Waals surface area contributed by atoms with E-state index in [4.69, 9.17) is 35.5 Å². The number of ether oxygens (including phenoxy) is 4. The van der Waals surface area contributed by atoms with Crippen LogP contribution in [0, 0.1) is 5.92 Å². The van der Waals surface area contributed by atoms with Crippen molar-refractivity contribution in [2.24, 2.45) is 5.92 Å². The van der Waals surface area contributed by atoms with Crippen molar-refractivity contribution in [1.29, 1.82) is 0 Å². The van der Waals surface area contributed by atoms with Crippen molar-refractivity contribution < 1.29 is 28.5 Å². The molecule has 0 radical (unpaired) electrons. The van der Waals surface area contributed by atoms with Gasteiger partial charge in [-0.15, -0.1) is 0 Å². The molecule has 0 bridgehead atoms. The number of methoxy groups -OCH3 is 3. The Morgan fingerprint density at radius 1 is 1.00 bits per heavy atom. The summed E-state index contributed by atoms with van der Waals surface area (Å²) >= 11 is 6.21. The number of aromatic nitrogens is 2. The highest BCUT2D eigenvalue weighted by Crippen LogP contribution is 2.44. The average molecular weight is 605 g/mol. The molecule has 3 atom stereocenters. The predicted molar refractivity (Wildman–Crippen MR) is 162 cm³/mol. The Hall–Kier alpha value is -4.44. The monoisotopic (exact) mass is 604 g/mol. The highest BCUT2D eigenvalue weighted by atomic mass is 35.5. The van der Waals surface area contributed by atoms with E-state index >= 15 is 0 Å². The SMILES string of the molecule is CNC(=O)C1CCC(n2c(-c3cc(OC)c(OC)c(OC)c3)nc3ccc(C(=O)NC4COc5ccc(Cl)cc54)cc32)C1. The molecule has 0 spiro atoms. The van der Waals surface area contributed by atoms with Crippen LogP contribution < -0.4 is 29.6 Å². The number of nitrogens with zero attached hydrogens (tertiary/aromatic N) is 2. The molecule has 1 saturated carbocycles. The minimum atomic E-state index is -0.320. The third-order valence-electron chi connectivity index (χ3n) is 8.32. The predicted octanol–water partition coefficient (Wildman–Crippen LogP) is 5.33. The van der Waals surface area contributed by atoms with E-state index in [9.17, 15) is 9.59 Å². The normalized spacial score (nSPS) is 19.0. The standard InChI is InChI=1S/C32H33ClN4O6/c1-34-31(38)17-5-8-21(11-17)37-25-12-18(32(39)36-24-16-43-26-10-7-20(33)15-22(24)26)6-9-23(25)35-30(37)19-13-27(40-2)29(42-4)28(14-19)41-3/h6-7,9-10,12-15,17,21,24H,5,8,11,16H2,1-4H3,(H,34,38)(H,36,39). The number of carbonyl (C=O) groups excluding carboxylic acids is 2. The van der Waals surface area contributed by atoms with Crippen LogP contribution in [-0.4, -0.2) is 56.3 Å². The van der Waals surface area contributed by atoms with Gasteiger partial charge in [0.05, 0.1) is 38.4 Å². The Bertz CT molecular complexity index is 1690. The van der Waals surface area contributed by atoms with E-state index in [2.05, 4.69) is 15.2 Å². The molecular formula is C32H33ClN4O6. The fourth-order valence-corrected chi connectivity index (χ4v) is 6.38. The summed E-state index contributed by atoms with van der Waals surface area (Å²) in [5.41, 5.74) is 3.62. The first-order chi connectivity index (χ1) is 20.8. The van der Waals surface area contributed by atoms with Gasteiger partial charge >= 0.3 is 0 Å². The van der Waals surface area contributed by atoms with Gasteiger partial charge in [0, 0.05) is 40.7 Å². The van der Waals surface area contributed by atoms with E-state index in [0.29, 0.717) is 52.4 Å². The molecule has 0 saturated heterocycles. The summed E-state index contributed by atoms with van der Waals surface area (Å²) in [6.07, 6.45) is 2.19. The van der Waals surface area contributed by atoms with Crippen LogP contribution >= 0.6 is 11.6 Å². The van der Waals surface area contributed by atoms with Gasteiger partial charge in [-0.2, -0.15) is 0 Å². The highest BCUT2D eigenvalue weighted by molar-refractivity contribution is 6.30. The lowest BCUT2D eigenvalue weighted by molar-refractivity contribution is -0.124. The first-order valence-electron chi connectivity index (χ1n) is 14.1. The number of rotatable bonds is 8. The number of halogens is 1. The molecule has 11 heteroatoms. The molecule has 2 amide bonds. The van der Waals surface area contributed by atoms with Crippen molar-refractivity contribution >= 4 is 34.4 Å². The van der Waals surface area contributed by atoms with Crippen molar-refractivity contribution in [1.82, 2.24) is 20.2 Å². The minimum Gasteiger partial charge on any atom is -0.493 e. The zero-order chi connectivity index (χ0) is 30.2. The van der Waals surface area contributed by atoms with Crippen molar-refractivity contribution in [3.05, 3.63) is 64.7 Å². The maximum atomic E-state index is 13.5. The molecule has 1 aromatic heterocycles. The Morgan fingerprint density at radius 2 is 1.77 bits per heavy atom. The third kappa shape index (κ3) is 5.20. The number of hydrogen-bond donors (Lipinski definition) is 2. The summed E-state index contributed by atoms with van der Waals surface area (Å²) in [6.45, 7) is 0.329. The van der Waals surface area contributed by atoms with Crippen LogP contribution in [0.3, 0.4) is 0 Å². The number of amides is 2. The molecule has 2 aliphatic rings. The van der Waals surface area contributed by atoms with Gasteiger partial charge in [-0.3, -0.25) is 9.59 Å². The van der Waals surface area contributed by atoms with Crippen LogP contribution in [0.15, 0.2) is 48.5 Å². The molecule has 1 aliphatic heterocycles. The van der Waals surface area contributed by atoms with E-state index in [1.165, 1.54) is 0 Å². The smallest absolute Gasteiger partial charge is 0.251 e. The molecule has 2 heterocycles. The minimum absolute atomic E-state index is 0.0167. The van der Waals surface area contributed by atoms with Crippen molar-refractivity contribution in [2.45, 2.75) is 31.3 Å². The van der Waals surface area contributed by atoms with Crippen LogP contribution in [-0.2, 0) is 4.79 Å². The maximum Gasteiger partial charge on any atom is 0.251 e. The maximum absolute atomic E-state index is 13.5. The molecule has 1 aliphatic carbocycles. The molecule has 3 unspecified atom stereocenters. The average Bonchev–Trinajstić information content (AvgIpc) is 3.76. The number of benzene rings is 3.